The van der Waals surface area contributed by atoms with E-state index in [-0.39, 0.29) is 48.2 Å². The number of allylic oxidation sites excluding steroid dienone is 2. The summed E-state index contributed by atoms with van der Waals surface area (Å²) < 4.78 is 0. The summed E-state index contributed by atoms with van der Waals surface area (Å²) in [5, 5.41) is 0. The van der Waals surface area contributed by atoms with E-state index in [1.54, 1.807) is 4.90 Å². The van der Waals surface area contributed by atoms with Gasteiger partial charge >= 0.3 is 0 Å². The highest BCUT2D eigenvalue weighted by atomic mass is 16.2. The summed E-state index contributed by atoms with van der Waals surface area (Å²) in [5.41, 5.74) is 0. The number of hydrogen-bond acceptors (Lipinski definition) is 3. The van der Waals surface area contributed by atoms with E-state index in [0.717, 1.165) is 0 Å². The molecule has 5 heteroatoms. The first-order valence-electron chi connectivity index (χ1n) is 7.66. The van der Waals surface area contributed by atoms with E-state index in [9.17, 15) is 14.4 Å². The standard InChI is InChI=1S/C16H24N2O3/c1-10(2)18(11(3)4)14(19)9-17-15(20)12-7-5-6-8-13(12)16(17)21/h5-6,10-13H,7-9H2,1-4H3. The molecule has 0 saturated carbocycles. The molecule has 2 atom stereocenters. The average Bonchev–Trinajstić information content (AvgIpc) is 2.64. The lowest BCUT2D eigenvalue weighted by Gasteiger charge is -2.32. The van der Waals surface area contributed by atoms with Crippen LogP contribution < -0.4 is 0 Å². The van der Waals surface area contributed by atoms with Crippen LogP contribution in [0.15, 0.2) is 12.2 Å². The third-order valence-electron chi connectivity index (χ3n) is 4.29. The molecular weight excluding hydrogens is 268 g/mol. The molecule has 21 heavy (non-hydrogen) atoms. The van der Waals surface area contributed by atoms with Crippen LogP contribution >= 0.6 is 0 Å². The molecule has 0 aromatic heterocycles. The van der Waals surface area contributed by atoms with Crippen LogP contribution in [0.4, 0.5) is 0 Å². The number of imide groups is 1. The van der Waals surface area contributed by atoms with Gasteiger partial charge in [-0.15, -0.1) is 0 Å². The van der Waals surface area contributed by atoms with Crippen LogP contribution in [0.2, 0.25) is 0 Å². The topological polar surface area (TPSA) is 57.7 Å². The molecule has 2 unspecified atom stereocenters. The number of hydrogen-bond donors (Lipinski definition) is 0. The Labute approximate surface area is 126 Å². The van der Waals surface area contributed by atoms with Gasteiger partial charge in [0.05, 0.1) is 11.8 Å². The fourth-order valence-corrected chi connectivity index (χ4v) is 3.41. The van der Waals surface area contributed by atoms with Gasteiger partial charge in [-0.2, -0.15) is 0 Å². The van der Waals surface area contributed by atoms with Crippen molar-refractivity contribution in [3.8, 4) is 0 Å². The fraction of sp³-hybridized carbons (Fsp3) is 0.688. The fourth-order valence-electron chi connectivity index (χ4n) is 3.41. The Morgan fingerprint density at radius 3 is 1.90 bits per heavy atom. The molecule has 0 spiro atoms. The summed E-state index contributed by atoms with van der Waals surface area (Å²) in [5.74, 6) is -1.05. The molecule has 116 valence electrons. The number of carbonyl (C=O) groups is 3. The normalized spacial score (nSPS) is 25.0. The Morgan fingerprint density at radius 2 is 1.52 bits per heavy atom. The highest BCUT2D eigenvalue weighted by Gasteiger charge is 2.48. The van der Waals surface area contributed by atoms with Crippen molar-refractivity contribution < 1.29 is 14.4 Å². The third kappa shape index (κ3) is 2.87. The van der Waals surface area contributed by atoms with Crippen molar-refractivity contribution in [1.29, 1.82) is 0 Å². The molecule has 0 N–H and O–H groups in total. The number of amides is 3. The second-order valence-corrected chi connectivity index (χ2v) is 6.41. The van der Waals surface area contributed by atoms with Gasteiger partial charge in [-0.3, -0.25) is 19.3 Å². The van der Waals surface area contributed by atoms with Crippen LogP contribution in [0.1, 0.15) is 40.5 Å². The summed E-state index contributed by atoms with van der Waals surface area (Å²) in [6, 6.07) is 0.100. The second-order valence-electron chi connectivity index (χ2n) is 6.41. The Morgan fingerprint density at radius 1 is 1.10 bits per heavy atom. The number of fused-ring (bicyclic) bond motifs is 1. The maximum atomic E-state index is 12.4. The molecule has 0 radical (unpaired) electrons. The lowest BCUT2D eigenvalue weighted by Crippen LogP contribution is -2.48. The smallest absolute Gasteiger partial charge is 0.243 e. The van der Waals surface area contributed by atoms with Crippen molar-refractivity contribution in [3.05, 3.63) is 12.2 Å². The molecule has 1 heterocycles. The van der Waals surface area contributed by atoms with Crippen LogP contribution in [-0.4, -0.2) is 46.1 Å². The van der Waals surface area contributed by atoms with Gasteiger partial charge in [-0.05, 0) is 40.5 Å². The van der Waals surface area contributed by atoms with Crippen LogP contribution in [0.25, 0.3) is 0 Å². The molecule has 1 aliphatic heterocycles. The zero-order valence-electron chi connectivity index (χ0n) is 13.2. The average molecular weight is 292 g/mol. The molecule has 5 nitrogen and oxygen atoms in total. The monoisotopic (exact) mass is 292 g/mol. The van der Waals surface area contributed by atoms with Crippen molar-refractivity contribution in [2.75, 3.05) is 6.54 Å². The summed E-state index contributed by atoms with van der Waals surface area (Å²) in [4.78, 5) is 40.0. The van der Waals surface area contributed by atoms with E-state index in [1.807, 2.05) is 39.8 Å². The first-order chi connectivity index (χ1) is 9.84. The Bertz CT molecular complexity index is 448. The maximum absolute atomic E-state index is 12.4. The van der Waals surface area contributed by atoms with Gasteiger partial charge in [0, 0.05) is 12.1 Å². The minimum atomic E-state index is -0.262. The van der Waals surface area contributed by atoms with Crippen molar-refractivity contribution >= 4 is 17.7 Å². The summed E-state index contributed by atoms with van der Waals surface area (Å²) in [6.45, 7) is 7.63. The van der Waals surface area contributed by atoms with Gasteiger partial charge in [0.2, 0.25) is 17.7 Å². The van der Waals surface area contributed by atoms with E-state index >= 15 is 0 Å². The highest BCUT2D eigenvalue weighted by Crippen LogP contribution is 2.34. The molecule has 1 saturated heterocycles. The first kappa shape index (κ1) is 15.7. The number of carbonyl (C=O) groups excluding carboxylic acids is 3. The minimum absolute atomic E-state index is 0.0502. The van der Waals surface area contributed by atoms with Crippen LogP contribution in [0.3, 0.4) is 0 Å². The Hall–Kier alpha value is -1.65. The minimum Gasteiger partial charge on any atom is -0.336 e. The SMILES string of the molecule is CC(C)N(C(=O)CN1C(=O)C2CC=CCC2C1=O)C(C)C. The number of rotatable bonds is 4. The van der Waals surface area contributed by atoms with E-state index in [4.69, 9.17) is 0 Å². The van der Waals surface area contributed by atoms with Crippen LogP contribution in [0, 0.1) is 11.8 Å². The largest absolute Gasteiger partial charge is 0.336 e. The summed E-state index contributed by atoms with van der Waals surface area (Å²) >= 11 is 0. The highest BCUT2D eigenvalue weighted by molar-refractivity contribution is 6.07. The number of likely N-dealkylation sites (tertiary alicyclic amines) is 1. The first-order valence-corrected chi connectivity index (χ1v) is 7.66. The zero-order valence-corrected chi connectivity index (χ0v) is 13.2. The Kier molecular flexibility index (Phi) is 4.49. The van der Waals surface area contributed by atoms with Gasteiger partial charge in [-0.1, -0.05) is 12.2 Å². The maximum Gasteiger partial charge on any atom is 0.243 e. The quantitative estimate of drug-likeness (QED) is 0.584. The van der Waals surface area contributed by atoms with Gasteiger partial charge in [0.15, 0.2) is 0 Å². The van der Waals surface area contributed by atoms with E-state index in [0.29, 0.717) is 12.8 Å². The molecule has 2 rings (SSSR count). The van der Waals surface area contributed by atoms with Crippen molar-refractivity contribution in [2.45, 2.75) is 52.6 Å². The molecule has 1 aliphatic carbocycles. The van der Waals surface area contributed by atoms with Crippen molar-refractivity contribution in [1.82, 2.24) is 9.80 Å². The summed E-state index contributed by atoms with van der Waals surface area (Å²) in [7, 11) is 0. The second kappa shape index (κ2) is 6.00. The van der Waals surface area contributed by atoms with E-state index < -0.39 is 0 Å². The summed E-state index contributed by atoms with van der Waals surface area (Å²) in [6.07, 6.45) is 5.12. The van der Waals surface area contributed by atoms with Crippen molar-refractivity contribution in [2.24, 2.45) is 11.8 Å². The van der Waals surface area contributed by atoms with Gasteiger partial charge in [-0.25, -0.2) is 0 Å². The Balaban J connectivity index is 2.11. The lowest BCUT2D eigenvalue weighted by atomic mass is 9.85. The predicted molar refractivity (Wildman–Crippen MR) is 79.2 cm³/mol. The zero-order chi connectivity index (χ0) is 15.7. The third-order valence-corrected chi connectivity index (χ3v) is 4.29. The van der Waals surface area contributed by atoms with Gasteiger partial charge in [0.25, 0.3) is 0 Å². The number of nitrogens with zero attached hydrogens (tertiary/aromatic N) is 2. The van der Waals surface area contributed by atoms with Crippen molar-refractivity contribution in [3.63, 3.8) is 0 Å². The van der Waals surface area contributed by atoms with Gasteiger partial charge in [0.1, 0.15) is 6.54 Å². The van der Waals surface area contributed by atoms with E-state index in [1.165, 1.54) is 4.90 Å². The van der Waals surface area contributed by atoms with E-state index in [2.05, 4.69) is 0 Å². The molecule has 0 aromatic carbocycles. The molecule has 0 bridgehead atoms. The molecule has 0 aromatic rings. The molecular formula is C16H24N2O3. The molecule has 3 amide bonds. The van der Waals surface area contributed by atoms with Crippen LogP contribution in [-0.2, 0) is 14.4 Å². The predicted octanol–water partition coefficient (Wildman–Crippen LogP) is 1.58. The lowest BCUT2D eigenvalue weighted by molar-refractivity contribution is -0.148. The van der Waals surface area contributed by atoms with Gasteiger partial charge < -0.3 is 4.90 Å². The molecule has 2 aliphatic rings. The molecule has 1 fully saturated rings. The van der Waals surface area contributed by atoms with Crippen LogP contribution in [0.5, 0.6) is 0 Å².